The molecule has 1 rings (SSSR count). The number of hydrogen-bond acceptors (Lipinski definition) is 3. The van der Waals surface area contributed by atoms with Gasteiger partial charge in [0.15, 0.2) is 0 Å². The first-order valence-corrected chi connectivity index (χ1v) is 6.16. The lowest BCUT2D eigenvalue weighted by molar-refractivity contribution is 0.684. The van der Waals surface area contributed by atoms with E-state index in [1.54, 1.807) is 0 Å². The molecule has 0 spiro atoms. The molecule has 3 N–H and O–H groups in total. The minimum Gasteiger partial charge on any atom is -0.397 e. The summed E-state index contributed by atoms with van der Waals surface area (Å²) >= 11 is 0. The topological polar surface area (TPSA) is 55.1 Å². The van der Waals surface area contributed by atoms with E-state index in [1.165, 1.54) is 0 Å². The molecule has 0 heterocycles. The average molecular weight is 212 g/mol. The summed E-state index contributed by atoms with van der Waals surface area (Å²) in [4.78, 5) is 0. The van der Waals surface area contributed by atoms with Crippen LogP contribution in [0.2, 0.25) is 0 Å². The van der Waals surface area contributed by atoms with E-state index in [0.717, 1.165) is 11.4 Å². The van der Waals surface area contributed by atoms with Crippen molar-refractivity contribution in [1.82, 2.24) is 0 Å². The number of nitrogens with two attached hydrogens (primary N) is 1. The monoisotopic (exact) mass is 212 g/mol. The minimum absolute atomic E-state index is 0.671. The Morgan fingerprint density at radius 1 is 1.43 bits per heavy atom. The van der Waals surface area contributed by atoms with Gasteiger partial charge in [-0.1, -0.05) is 19.1 Å². The van der Waals surface area contributed by atoms with Crippen molar-refractivity contribution in [3.8, 4) is 0 Å². The lowest BCUT2D eigenvalue weighted by Gasteiger charge is -2.07. The van der Waals surface area contributed by atoms with Crippen LogP contribution in [-0.2, 0) is 10.8 Å². The zero-order chi connectivity index (χ0) is 10.4. The first-order chi connectivity index (χ1) is 6.74. The number of nitrogen functional groups attached to an aromatic ring is 1. The van der Waals surface area contributed by atoms with E-state index in [4.69, 9.17) is 5.73 Å². The SMILES string of the molecule is CCS(=O)CCNc1ccccc1N. The van der Waals surface area contributed by atoms with E-state index in [-0.39, 0.29) is 0 Å². The molecule has 0 aliphatic heterocycles. The molecule has 0 aliphatic rings. The fraction of sp³-hybridized carbons (Fsp3) is 0.400. The van der Waals surface area contributed by atoms with Gasteiger partial charge in [0.25, 0.3) is 0 Å². The predicted octanol–water partition coefficient (Wildman–Crippen LogP) is 1.45. The molecule has 1 unspecified atom stereocenters. The molecule has 0 fully saturated rings. The number of hydrogen-bond donors (Lipinski definition) is 2. The molecule has 0 amide bonds. The van der Waals surface area contributed by atoms with Crippen molar-refractivity contribution >= 4 is 22.2 Å². The van der Waals surface area contributed by atoms with Crippen LogP contribution in [-0.4, -0.2) is 22.3 Å². The standard InChI is InChI=1S/C10H16N2OS/c1-2-14(13)8-7-12-10-6-4-3-5-9(10)11/h3-6,12H,2,7-8,11H2,1H3. The molecule has 0 bridgehead atoms. The van der Waals surface area contributed by atoms with Crippen LogP contribution in [0.15, 0.2) is 24.3 Å². The number of nitrogens with one attached hydrogen (secondary N) is 1. The van der Waals surface area contributed by atoms with Gasteiger partial charge in [-0.15, -0.1) is 0 Å². The zero-order valence-corrected chi connectivity index (χ0v) is 9.14. The second-order valence-corrected chi connectivity index (χ2v) is 4.81. The quantitative estimate of drug-likeness (QED) is 0.726. The van der Waals surface area contributed by atoms with E-state index in [1.807, 2.05) is 31.2 Å². The van der Waals surface area contributed by atoms with Crippen molar-refractivity contribution < 1.29 is 4.21 Å². The molecular weight excluding hydrogens is 196 g/mol. The lowest BCUT2D eigenvalue weighted by atomic mass is 10.3. The summed E-state index contributed by atoms with van der Waals surface area (Å²) in [5.74, 6) is 1.39. The van der Waals surface area contributed by atoms with E-state index in [0.29, 0.717) is 18.1 Å². The van der Waals surface area contributed by atoms with Crippen LogP contribution in [0.25, 0.3) is 0 Å². The Morgan fingerprint density at radius 2 is 2.14 bits per heavy atom. The molecule has 4 heteroatoms. The number of para-hydroxylation sites is 2. The summed E-state index contributed by atoms with van der Waals surface area (Å²) in [7, 11) is -0.711. The first kappa shape index (κ1) is 11.0. The van der Waals surface area contributed by atoms with Crippen LogP contribution in [0.4, 0.5) is 11.4 Å². The second-order valence-electron chi connectivity index (χ2n) is 2.95. The van der Waals surface area contributed by atoms with Gasteiger partial charge in [0.2, 0.25) is 0 Å². The van der Waals surface area contributed by atoms with Crippen LogP contribution < -0.4 is 11.1 Å². The minimum atomic E-state index is -0.711. The largest absolute Gasteiger partial charge is 0.397 e. The molecule has 14 heavy (non-hydrogen) atoms. The summed E-state index contributed by atoms with van der Waals surface area (Å²) in [5, 5.41) is 3.16. The van der Waals surface area contributed by atoms with E-state index in [2.05, 4.69) is 5.32 Å². The third kappa shape index (κ3) is 3.38. The van der Waals surface area contributed by atoms with Crippen molar-refractivity contribution in [2.75, 3.05) is 29.1 Å². The van der Waals surface area contributed by atoms with Crippen LogP contribution in [0.3, 0.4) is 0 Å². The van der Waals surface area contributed by atoms with Gasteiger partial charge in [0.1, 0.15) is 0 Å². The molecule has 0 saturated carbocycles. The molecular formula is C10H16N2OS. The lowest BCUT2D eigenvalue weighted by Crippen LogP contribution is -2.12. The summed E-state index contributed by atoms with van der Waals surface area (Å²) < 4.78 is 11.1. The van der Waals surface area contributed by atoms with Gasteiger partial charge < -0.3 is 11.1 Å². The Morgan fingerprint density at radius 3 is 2.79 bits per heavy atom. The molecule has 0 saturated heterocycles. The Kier molecular flexibility index (Phi) is 4.46. The molecule has 1 aromatic rings. The number of benzene rings is 1. The molecule has 0 aliphatic carbocycles. The predicted molar refractivity (Wildman–Crippen MR) is 62.9 cm³/mol. The normalized spacial score (nSPS) is 12.4. The van der Waals surface area contributed by atoms with Crippen molar-refractivity contribution in [3.63, 3.8) is 0 Å². The maximum atomic E-state index is 11.1. The molecule has 0 radical (unpaired) electrons. The van der Waals surface area contributed by atoms with Crippen molar-refractivity contribution in [3.05, 3.63) is 24.3 Å². The third-order valence-electron chi connectivity index (χ3n) is 1.93. The maximum absolute atomic E-state index is 11.1. The Balaban J connectivity index is 2.39. The van der Waals surface area contributed by atoms with Gasteiger partial charge in [0, 0.05) is 28.9 Å². The summed E-state index contributed by atoms with van der Waals surface area (Å²) in [5.41, 5.74) is 7.38. The zero-order valence-electron chi connectivity index (χ0n) is 8.32. The van der Waals surface area contributed by atoms with Gasteiger partial charge in [-0.2, -0.15) is 0 Å². The summed E-state index contributed by atoms with van der Waals surface area (Å²) in [6.07, 6.45) is 0. The second kappa shape index (κ2) is 5.65. The van der Waals surface area contributed by atoms with Gasteiger partial charge in [-0.05, 0) is 12.1 Å². The smallest absolute Gasteiger partial charge is 0.0574 e. The number of rotatable bonds is 5. The molecule has 0 aromatic heterocycles. The molecule has 1 atom stereocenters. The van der Waals surface area contributed by atoms with Gasteiger partial charge in [0.05, 0.1) is 11.4 Å². The van der Waals surface area contributed by atoms with Crippen LogP contribution in [0, 0.1) is 0 Å². The highest BCUT2D eigenvalue weighted by Crippen LogP contribution is 2.15. The van der Waals surface area contributed by atoms with Crippen LogP contribution in [0.5, 0.6) is 0 Å². The Labute approximate surface area is 87.2 Å². The fourth-order valence-corrected chi connectivity index (χ4v) is 1.72. The third-order valence-corrected chi connectivity index (χ3v) is 3.23. The highest BCUT2D eigenvalue weighted by atomic mass is 32.2. The average Bonchev–Trinajstić information content (AvgIpc) is 2.20. The number of anilines is 2. The van der Waals surface area contributed by atoms with Gasteiger partial charge >= 0.3 is 0 Å². The summed E-state index contributed by atoms with van der Waals surface area (Å²) in [6, 6.07) is 7.59. The Bertz CT molecular complexity index is 315. The summed E-state index contributed by atoms with van der Waals surface area (Å²) in [6.45, 7) is 2.63. The Hall–Kier alpha value is -1.03. The van der Waals surface area contributed by atoms with E-state index < -0.39 is 10.8 Å². The van der Waals surface area contributed by atoms with Gasteiger partial charge in [-0.3, -0.25) is 4.21 Å². The first-order valence-electron chi connectivity index (χ1n) is 4.67. The molecule has 78 valence electrons. The molecule has 3 nitrogen and oxygen atoms in total. The van der Waals surface area contributed by atoms with E-state index >= 15 is 0 Å². The highest BCUT2D eigenvalue weighted by molar-refractivity contribution is 7.84. The van der Waals surface area contributed by atoms with E-state index in [9.17, 15) is 4.21 Å². The van der Waals surface area contributed by atoms with Crippen LogP contribution in [0.1, 0.15) is 6.92 Å². The van der Waals surface area contributed by atoms with Gasteiger partial charge in [-0.25, -0.2) is 0 Å². The molecule has 1 aromatic carbocycles. The van der Waals surface area contributed by atoms with Crippen molar-refractivity contribution in [1.29, 1.82) is 0 Å². The maximum Gasteiger partial charge on any atom is 0.0574 e. The highest BCUT2D eigenvalue weighted by Gasteiger charge is 1.98. The van der Waals surface area contributed by atoms with Crippen LogP contribution >= 0.6 is 0 Å². The van der Waals surface area contributed by atoms with Crippen molar-refractivity contribution in [2.45, 2.75) is 6.92 Å². The van der Waals surface area contributed by atoms with Crippen molar-refractivity contribution in [2.24, 2.45) is 0 Å². The fourth-order valence-electron chi connectivity index (χ4n) is 1.10.